The van der Waals surface area contributed by atoms with Gasteiger partial charge < -0.3 is 15.4 Å². The number of nitrogens with one attached hydrogen (secondary N) is 2. The number of hydrogen-bond acceptors (Lipinski definition) is 3. The molecule has 2 rings (SSSR count). The lowest BCUT2D eigenvalue weighted by Gasteiger charge is -2.26. The Morgan fingerprint density at radius 1 is 1.36 bits per heavy atom. The van der Waals surface area contributed by atoms with Gasteiger partial charge in [0.15, 0.2) is 0 Å². The Hall–Kier alpha value is -0.770. The lowest BCUT2D eigenvalue weighted by atomic mass is 9.93. The lowest BCUT2D eigenvalue weighted by molar-refractivity contribution is 0.127. The van der Waals surface area contributed by atoms with E-state index in [1.807, 2.05) is 0 Å². The topological polar surface area (TPSA) is 50.4 Å². The van der Waals surface area contributed by atoms with Gasteiger partial charge in [-0.15, -0.1) is 0 Å². The molecule has 14 heavy (non-hydrogen) atoms. The Morgan fingerprint density at radius 2 is 2.21 bits per heavy atom. The van der Waals surface area contributed by atoms with Crippen LogP contribution in [0, 0.1) is 0 Å². The molecule has 2 fully saturated rings. The van der Waals surface area contributed by atoms with Crippen LogP contribution in [0.5, 0.6) is 0 Å². The molecule has 2 N–H and O–H groups in total. The Bertz CT molecular complexity index is 198. The highest BCUT2D eigenvalue weighted by molar-refractivity contribution is 5.67. The molecule has 0 aromatic rings. The summed E-state index contributed by atoms with van der Waals surface area (Å²) in [5, 5.41) is 6.14. The first kappa shape index (κ1) is 9.77. The summed E-state index contributed by atoms with van der Waals surface area (Å²) in [4.78, 5) is 11.2. The van der Waals surface area contributed by atoms with E-state index < -0.39 is 0 Å². The van der Waals surface area contributed by atoms with Gasteiger partial charge in [0.25, 0.3) is 0 Å². The van der Waals surface area contributed by atoms with Crippen molar-refractivity contribution in [2.75, 3.05) is 13.2 Å². The van der Waals surface area contributed by atoms with Crippen LogP contribution in [-0.2, 0) is 4.74 Å². The van der Waals surface area contributed by atoms with Crippen LogP contribution in [0.4, 0.5) is 4.79 Å². The molecule has 0 radical (unpaired) electrons. The minimum Gasteiger partial charge on any atom is -0.448 e. The van der Waals surface area contributed by atoms with Crippen molar-refractivity contribution in [3.63, 3.8) is 0 Å². The standard InChI is InChI=1S/C10H18N2O2/c13-10(12-8-3-1-4-8)14-7-9-5-2-6-11-9/h8-9,11H,1-7H2,(H,12,13). The van der Waals surface area contributed by atoms with E-state index in [-0.39, 0.29) is 6.09 Å². The van der Waals surface area contributed by atoms with Crippen molar-refractivity contribution in [3.8, 4) is 0 Å². The quantitative estimate of drug-likeness (QED) is 0.711. The second-order valence-electron chi connectivity index (χ2n) is 4.16. The summed E-state index contributed by atoms with van der Waals surface area (Å²) in [5.41, 5.74) is 0. The highest BCUT2D eigenvalue weighted by atomic mass is 16.5. The molecule has 1 atom stereocenters. The van der Waals surface area contributed by atoms with Crippen molar-refractivity contribution < 1.29 is 9.53 Å². The van der Waals surface area contributed by atoms with Gasteiger partial charge in [-0.2, -0.15) is 0 Å². The summed E-state index contributed by atoms with van der Waals surface area (Å²) in [6.45, 7) is 1.57. The fourth-order valence-corrected chi connectivity index (χ4v) is 1.84. The molecule has 1 unspecified atom stereocenters. The molecular formula is C10H18N2O2. The third-order valence-electron chi connectivity index (χ3n) is 3.01. The molecular weight excluding hydrogens is 180 g/mol. The number of rotatable bonds is 3. The maximum absolute atomic E-state index is 11.2. The van der Waals surface area contributed by atoms with Crippen molar-refractivity contribution in [3.05, 3.63) is 0 Å². The number of amides is 1. The van der Waals surface area contributed by atoms with Crippen molar-refractivity contribution in [1.29, 1.82) is 0 Å². The molecule has 1 heterocycles. The molecule has 1 aliphatic carbocycles. The van der Waals surface area contributed by atoms with Gasteiger partial charge in [-0.1, -0.05) is 0 Å². The van der Waals surface area contributed by atoms with Crippen LogP contribution in [0.3, 0.4) is 0 Å². The first-order chi connectivity index (χ1) is 6.84. The monoisotopic (exact) mass is 198 g/mol. The van der Waals surface area contributed by atoms with Gasteiger partial charge in [0.05, 0.1) is 0 Å². The third kappa shape index (κ3) is 2.61. The number of carbonyl (C=O) groups excluding carboxylic acids is 1. The average Bonchev–Trinajstić information content (AvgIpc) is 2.60. The molecule has 1 amide bonds. The predicted octanol–water partition coefficient (Wildman–Crippen LogP) is 1.02. The Balaban J connectivity index is 1.57. The van der Waals surface area contributed by atoms with E-state index in [0.29, 0.717) is 18.7 Å². The number of carbonyl (C=O) groups is 1. The zero-order valence-corrected chi connectivity index (χ0v) is 8.42. The highest BCUT2D eigenvalue weighted by Gasteiger charge is 2.21. The molecule has 0 spiro atoms. The van der Waals surface area contributed by atoms with Gasteiger partial charge in [0.2, 0.25) is 0 Å². The molecule has 4 heteroatoms. The lowest BCUT2D eigenvalue weighted by Crippen LogP contribution is -2.41. The summed E-state index contributed by atoms with van der Waals surface area (Å²) in [6, 6.07) is 0.751. The Kier molecular flexibility index (Phi) is 3.24. The Labute approximate surface area is 84.4 Å². The van der Waals surface area contributed by atoms with Crippen molar-refractivity contribution in [2.24, 2.45) is 0 Å². The van der Waals surface area contributed by atoms with E-state index in [9.17, 15) is 4.79 Å². The normalized spacial score (nSPS) is 27.0. The average molecular weight is 198 g/mol. The fraction of sp³-hybridized carbons (Fsp3) is 0.900. The van der Waals surface area contributed by atoms with Crippen LogP contribution in [0.1, 0.15) is 32.1 Å². The van der Waals surface area contributed by atoms with Crippen LogP contribution >= 0.6 is 0 Å². The minimum atomic E-state index is -0.247. The highest BCUT2D eigenvalue weighted by Crippen LogP contribution is 2.18. The van der Waals surface area contributed by atoms with Crippen LogP contribution in [0.15, 0.2) is 0 Å². The van der Waals surface area contributed by atoms with E-state index >= 15 is 0 Å². The first-order valence-corrected chi connectivity index (χ1v) is 5.51. The molecule has 80 valence electrons. The zero-order valence-electron chi connectivity index (χ0n) is 8.42. The largest absolute Gasteiger partial charge is 0.448 e. The van der Waals surface area contributed by atoms with Gasteiger partial charge in [-0.05, 0) is 38.6 Å². The van der Waals surface area contributed by atoms with Gasteiger partial charge in [0.1, 0.15) is 6.61 Å². The zero-order chi connectivity index (χ0) is 9.80. The summed E-state index contributed by atoms with van der Waals surface area (Å²) >= 11 is 0. The third-order valence-corrected chi connectivity index (χ3v) is 3.01. The van der Waals surface area contributed by atoms with Gasteiger partial charge in [0, 0.05) is 12.1 Å². The predicted molar refractivity (Wildman–Crippen MR) is 53.1 cm³/mol. The van der Waals surface area contributed by atoms with Gasteiger partial charge >= 0.3 is 6.09 Å². The van der Waals surface area contributed by atoms with Crippen molar-refractivity contribution in [1.82, 2.24) is 10.6 Å². The summed E-state index contributed by atoms with van der Waals surface area (Å²) in [6.07, 6.45) is 5.51. The van der Waals surface area contributed by atoms with Crippen LogP contribution in [-0.4, -0.2) is 31.3 Å². The molecule has 4 nitrogen and oxygen atoms in total. The number of alkyl carbamates (subject to hydrolysis) is 1. The SMILES string of the molecule is O=C(NC1CCC1)OCC1CCCN1. The molecule has 1 saturated heterocycles. The molecule has 1 saturated carbocycles. The van der Waals surface area contributed by atoms with Crippen molar-refractivity contribution >= 4 is 6.09 Å². The molecule has 0 bridgehead atoms. The summed E-state index contributed by atoms with van der Waals surface area (Å²) in [7, 11) is 0. The van der Waals surface area contributed by atoms with Crippen LogP contribution < -0.4 is 10.6 Å². The maximum Gasteiger partial charge on any atom is 0.407 e. The Morgan fingerprint density at radius 3 is 2.79 bits per heavy atom. The van der Waals surface area contributed by atoms with E-state index in [0.717, 1.165) is 25.8 Å². The van der Waals surface area contributed by atoms with E-state index in [1.54, 1.807) is 0 Å². The molecule has 0 aromatic carbocycles. The van der Waals surface area contributed by atoms with Gasteiger partial charge in [-0.25, -0.2) is 4.79 Å². The van der Waals surface area contributed by atoms with E-state index in [4.69, 9.17) is 4.74 Å². The van der Waals surface area contributed by atoms with Crippen LogP contribution in [0.25, 0.3) is 0 Å². The first-order valence-electron chi connectivity index (χ1n) is 5.51. The minimum absolute atomic E-state index is 0.247. The van der Waals surface area contributed by atoms with Gasteiger partial charge in [-0.3, -0.25) is 0 Å². The van der Waals surface area contributed by atoms with Crippen LogP contribution in [0.2, 0.25) is 0 Å². The van der Waals surface area contributed by atoms with E-state index in [2.05, 4.69) is 10.6 Å². The summed E-state index contributed by atoms with van der Waals surface area (Å²) < 4.78 is 5.12. The van der Waals surface area contributed by atoms with Crippen molar-refractivity contribution in [2.45, 2.75) is 44.2 Å². The maximum atomic E-state index is 11.2. The fourth-order valence-electron chi connectivity index (χ4n) is 1.84. The molecule has 1 aliphatic heterocycles. The summed E-state index contributed by atoms with van der Waals surface area (Å²) in [5.74, 6) is 0. The second-order valence-corrected chi connectivity index (χ2v) is 4.16. The smallest absolute Gasteiger partial charge is 0.407 e. The molecule has 2 aliphatic rings. The van der Waals surface area contributed by atoms with E-state index in [1.165, 1.54) is 12.8 Å². The molecule has 0 aromatic heterocycles. The number of ether oxygens (including phenoxy) is 1. The second kappa shape index (κ2) is 4.64. The number of hydrogen-bond donors (Lipinski definition) is 2.